The number of aromatic nitrogens is 3. The summed E-state index contributed by atoms with van der Waals surface area (Å²) in [7, 11) is 1.60. The molecular formula is C23H26ClFN4O2. The van der Waals surface area contributed by atoms with Crippen LogP contribution < -0.4 is 10.3 Å². The van der Waals surface area contributed by atoms with E-state index in [-0.39, 0.29) is 10.6 Å². The maximum absolute atomic E-state index is 13.3. The second-order valence-electron chi connectivity index (χ2n) is 8.02. The largest absolute Gasteiger partial charge is 0.495 e. The molecule has 0 radical (unpaired) electrons. The number of hydrogen-bond acceptors (Lipinski definition) is 5. The predicted molar refractivity (Wildman–Crippen MR) is 119 cm³/mol. The zero-order valence-corrected chi connectivity index (χ0v) is 18.3. The number of halogens is 2. The lowest BCUT2D eigenvalue weighted by Crippen LogP contribution is -2.37. The van der Waals surface area contributed by atoms with Gasteiger partial charge in [-0.1, -0.05) is 11.6 Å². The van der Waals surface area contributed by atoms with Gasteiger partial charge < -0.3 is 14.2 Å². The highest BCUT2D eigenvalue weighted by Crippen LogP contribution is 2.23. The number of pyridine rings is 3. The van der Waals surface area contributed by atoms with Gasteiger partial charge in [0.15, 0.2) is 5.82 Å². The van der Waals surface area contributed by atoms with E-state index in [0.29, 0.717) is 18.2 Å². The molecule has 164 valence electrons. The van der Waals surface area contributed by atoms with Crippen LogP contribution in [0.1, 0.15) is 25.0 Å². The van der Waals surface area contributed by atoms with E-state index >= 15 is 0 Å². The molecule has 1 aliphatic heterocycles. The first-order chi connectivity index (χ1) is 15.0. The lowest BCUT2D eigenvalue weighted by molar-refractivity contribution is 0.174. The number of rotatable bonds is 7. The summed E-state index contributed by atoms with van der Waals surface area (Å²) in [6.07, 6.45) is 6.91. The number of methoxy groups -OCH3 is 1. The highest BCUT2D eigenvalue weighted by Gasteiger charge is 2.19. The number of piperidine rings is 1. The standard InChI is InChI=1S/C23H26ClFN4O2/c1-31-18-13-22-21(27-14-18)4-5-23(30)29(22)11-10-28-8-6-16(7-9-28)2-3-17-12-19(24)20(25)15-26-17/h4-5,12-16H,2-3,6-11H2,1H3. The Balaban J connectivity index is 1.31. The molecule has 0 spiro atoms. The molecule has 0 bridgehead atoms. The Hall–Kier alpha value is -2.51. The summed E-state index contributed by atoms with van der Waals surface area (Å²) in [6, 6.07) is 6.82. The second-order valence-corrected chi connectivity index (χ2v) is 8.42. The zero-order valence-electron chi connectivity index (χ0n) is 17.6. The van der Waals surface area contributed by atoms with Crippen LogP contribution in [0.5, 0.6) is 5.75 Å². The highest BCUT2D eigenvalue weighted by atomic mass is 35.5. The van der Waals surface area contributed by atoms with E-state index in [1.807, 2.05) is 6.07 Å². The second kappa shape index (κ2) is 9.75. The lowest BCUT2D eigenvalue weighted by atomic mass is 9.91. The third-order valence-corrected chi connectivity index (χ3v) is 6.36. The number of ether oxygens (including phenoxy) is 1. The van der Waals surface area contributed by atoms with Crippen LogP contribution >= 0.6 is 11.6 Å². The van der Waals surface area contributed by atoms with Gasteiger partial charge in [-0.15, -0.1) is 0 Å². The zero-order chi connectivity index (χ0) is 21.8. The summed E-state index contributed by atoms with van der Waals surface area (Å²) in [6.45, 7) is 3.44. The number of aryl methyl sites for hydroxylation is 1. The van der Waals surface area contributed by atoms with Crippen molar-refractivity contribution in [3.8, 4) is 5.75 Å². The smallest absolute Gasteiger partial charge is 0.251 e. The third kappa shape index (κ3) is 5.22. The molecular weight excluding hydrogens is 419 g/mol. The number of likely N-dealkylation sites (tertiary alicyclic amines) is 1. The van der Waals surface area contributed by atoms with Crippen LogP contribution in [0.25, 0.3) is 11.0 Å². The summed E-state index contributed by atoms with van der Waals surface area (Å²) < 4.78 is 20.3. The molecule has 3 aromatic rings. The molecule has 4 heterocycles. The minimum absolute atomic E-state index is 0.0251. The Morgan fingerprint density at radius 2 is 1.97 bits per heavy atom. The quantitative estimate of drug-likeness (QED) is 0.552. The van der Waals surface area contributed by atoms with Crippen molar-refractivity contribution in [2.45, 2.75) is 32.2 Å². The molecule has 31 heavy (non-hydrogen) atoms. The summed E-state index contributed by atoms with van der Waals surface area (Å²) in [5.74, 6) is 0.790. The first kappa shape index (κ1) is 21.7. The van der Waals surface area contributed by atoms with Crippen molar-refractivity contribution in [2.75, 3.05) is 26.7 Å². The summed E-state index contributed by atoms with van der Waals surface area (Å²) in [5.41, 5.74) is 2.40. The fraction of sp³-hybridized carbons (Fsp3) is 0.435. The van der Waals surface area contributed by atoms with Gasteiger partial charge in [0.1, 0.15) is 5.75 Å². The van der Waals surface area contributed by atoms with E-state index in [4.69, 9.17) is 16.3 Å². The summed E-state index contributed by atoms with van der Waals surface area (Å²) in [4.78, 5) is 23.4. The molecule has 0 saturated carbocycles. The Kier molecular flexibility index (Phi) is 6.83. The van der Waals surface area contributed by atoms with E-state index in [1.54, 1.807) is 36.1 Å². The van der Waals surface area contributed by atoms with Crippen LogP contribution in [0, 0.1) is 11.7 Å². The van der Waals surface area contributed by atoms with Crippen LogP contribution in [-0.4, -0.2) is 46.2 Å². The lowest BCUT2D eigenvalue weighted by Gasteiger charge is -2.32. The summed E-state index contributed by atoms with van der Waals surface area (Å²) >= 11 is 5.85. The fourth-order valence-electron chi connectivity index (χ4n) is 4.17. The van der Waals surface area contributed by atoms with Gasteiger partial charge in [-0.2, -0.15) is 0 Å². The Bertz CT molecular complexity index is 1110. The molecule has 1 saturated heterocycles. The number of nitrogens with zero attached hydrogens (tertiary/aromatic N) is 4. The van der Waals surface area contributed by atoms with E-state index in [2.05, 4.69) is 14.9 Å². The van der Waals surface area contributed by atoms with Crippen LogP contribution in [-0.2, 0) is 13.0 Å². The van der Waals surface area contributed by atoms with Crippen LogP contribution in [0.2, 0.25) is 5.02 Å². The average molecular weight is 445 g/mol. The van der Waals surface area contributed by atoms with Gasteiger partial charge in [0.2, 0.25) is 0 Å². The van der Waals surface area contributed by atoms with Crippen molar-refractivity contribution in [1.82, 2.24) is 19.4 Å². The van der Waals surface area contributed by atoms with Crippen molar-refractivity contribution in [1.29, 1.82) is 0 Å². The number of fused-ring (bicyclic) bond motifs is 1. The van der Waals surface area contributed by atoms with E-state index in [0.717, 1.165) is 62.0 Å². The van der Waals surface area contributed by atoms with Gasteiger partial charge >= 0.3 is 0 Å². The highest BCUT2D eigenvalue weighted by molar-refractivity contribution is 6.30. The van der Waals surface area contributed by atoms with Gasteiger partial charge in [-0.25, -0.2) is 4.39 Å². The topological polar surface area (TPSA) is 60.2 Å². The molecule has 4 rings (SSSR count). The van der Waals surface area contributed by atoms with Crippen molar-refractivity contribution in [3.05, 3.63) is 63.5 Å². The van der Waals surface area contributed by atoms with Gasteiger partial charge in [-0.3, -0.25) is 14.8 Å². The van der Waals surface area contributed by atoms with E-state index in [1.165, 1.54) is 6.20 Å². The Morgan fingerprint density at radius 1 is 1.16 bits per heavy atom. The predicted octanol–water partition coefficient (Wildman–Crippen LogP) is 3.94. The van der Waals surface area contributed by atoms with Gasteiger partial charge in [-0.05, 0) is 56.8 Å². The maximum atomic E-state index is 13.3. The van der Waals surface area contributed by atoms with E-state index < -0.39 is 5.82 Å². The first-order valence-corrected chi connectivity index (χ1v) is 11.0. The molecule has 0 aliphatic carbocycles. The molecule has 0 aromatic carbocycles. The molecule has 0 amide bonds. The van der Waals surface area contributed by atoms with Crippen LogP contribution in [0.3, 0.4) is 0 Å². The molecule has 0 unspecified atom stereocenters. The minimum atomic E-state index is -0.474. The molecule has 0 N–H and O–H groups in total. The van der Waals surface area contributed by atoms with Crippen molar-refractivity contribution in [2.24, 2.45) is 5.92 Å². The SMILES string of the molecule is COc1cnc2ccc(=O)n(CCN3CCC(CCc4cc(Cl)c(F)cn4)CC3)c2c1. The molecule has 6 nitrogen and oxygen atoms in total. The Morgan fingerprint density at radius 3 is 2.71 bits per heavy atom. The third-order valence-electron chi connectivity index (χ3n) is 6.07. The van der Waals surface area contributed by atoms with Crippen LogP contribution in [0.4, 0.5) is 4.39 Å². The monoisotopic (exact) mass is 444 g/mol. The van der Waals surface area contributed by atoms with Gasteiger partial charge in [0, 0.05) is 30.9 Å². The van der Waals surface area contributed by atoms with Gasteiger partial charge in [0.25, 0.3) is 5.56 Å². The average Bonchev–Trinajstić information content (AvgIpc) is 2.79. The number of hydrogen-bond donors (Lipinski definition) is 0. The molecule has 0 atom stereocenters. The molecule has 1 fully saturated rings. The normalized spacial score (nSPS) is 15.5. The van der Waals surface area contributed by atoms with Crippen molar-refractivity contribution in [3.63, 3.8) is 0 Å². The van der Waals surface area contributed by atoms with Crippen molar-refractivity contribution >= 4 is 22.6 Å². The minimum Gasteiger partial charge on any atom is -0.495 e. The fourth-order valence-corrected chi connectivity index (χ4v) is 4.35. The molecule has 3 aromatic heterocycles. The van der Waals surface area contributed by atoms with Crippen LogP contribution in [0.15, 0.2) is 41.5 Å². The maximum Gasteiger partial charge on any atom is 0.251 e. The first-order valence-electron chi connectivity index (χ1n) is 10.6. The van der Waals surface area contributed by atoms with E-state index in [9.17, 15) is 9.18 Å². The molecule has 1 aliphatic rings. The molecule has 8 heteroatoms. The van der Waals surface area contributed by atoms with Crippen molar-refractivity contribution < 1.29 is 9.13 Å². The Labute approximate surface area is 185 Å². The summed E-state index contributed by atoms with van der Waals surface area (Å²) in [5, 5.41) is 0.135. The van der Waals surface area contributed by atoms with Gasteiger partial charge in [0.05, 0.1) is 35.6 Å².